The molecule has 0 fully saturated rings. The molecule has 0 spiro atoms. The fourth-order valence-corrected chi connectivity index (χ4v) is 4.23. The molecule has 6 heteroatoms. The van der Waals surface area contributed by atoms with Crippen LogP contribution in [0, 0.1) is 0 Å². The van der Waals surface area contributed by atoms with E-state index in [1.807, 2.05) is 12.1 Å². The molecular formula is C21H33ClN2O2Si. The first-order valence-electron chi connectivity index (χ1n) is 9.64. The number of benzene rings is 1. The Kier molecular flexibility index (Phi) is 6.82. The minimum atomic E-state index is -0.436. The fraction of sp³-hybridized carbons (Fsp3) is 0.571. The van der Waals surface area contributed by atoms with Crippen LogP contribution in [0.25, 0.3) is 0 Å². The van der Waals surface area contributed by atoms with Gasteiger partial charge in [-0.25, -0.2) is 4.98 Å². The SMILES string of the molecule is CCCCc1nc(Cl)c(C(C)(C)C)n1C(c1ccc(O)cc1)C(C)(C)O[SiH3]. The molecule has 0 aliphatic heterocycles. The second-order valence-electron chi connectivity index (χ2n) is 8.69. The van der Waals surface area contributed by atoms with Gasteiger partial charge in [0.15, 0.2) is 5.15 Å². The molecule has 2 aromatic rings. The van der Waals surface area contributed by atoms with Gasteiger partial charge in [-0.3, -0.25) is 0 Å². The third-order valence-corrected chi connectivity index (χ3v) is 6.37. The zero-order valence-electron chi connectivity index (χ0n) is 17.6. The Labute approximate surface area is 171 Å². The Morgan fingerprint density at radius 1 is 1.19 bits per heavy atom. The number of aryl methyl sites for hydroxylation is 1. The molecule has 1 atom stereocenters. The van der Waals surface area contributed by atoms with E-state index in [2.05, 4.69) is 46.1 Å². The number of hydrogen-bond donors (Lipinski definition) is 1. The van der Waals surface area contributed by atoms with Crippen LogP contribution in [0.5, 0.6) is 5.75 Å². The molecule has 1 N–H and O–H groups in total. The van der Waals surface area contributed by atoms with Gasteiger partial charge >= 0.3 is 0 Å². The molecule has 150 valence electrons. The average Bonchev–Trinajstić information content (AvgIpc) is 2.90. The van der Waals surface area contributed by atoms with E-state index in [-0.39, 0.29) is 17.2 Å². The predicted octanol–water partition coefficient (Wildman–Crippen LogP) is 4.55. The normalized spacial score (nSPS) is 13.9. The topological polar surface area (TPSA) is 47.3 Å². The zero-order chi connectivity index (χ0) is 20.4. The van der Waals surface area contributed by atoms with Gasteiger partial charge in [0.25, 0.3) is 0 Å². The van der Waals surface area contributed by atoms with Crippen LogP contribution < -0.4 is 0 Å². The summed E-state index contributed by atoms with van der Waals surface area (Å²) in [6.45, 7) is 12.9. The van der Waals surface area contributed by atoms with Crippen molar-refractivity contribution in [3.8, 4) is 5.75 Å². The molecule has 1 unspecified atom stereocenters. The molecule has 0 bridgehead atoms. The van der Waals surface area contributed by atoms with Crippen molar-refractivity contribution in [3.05, 3.63) is 46.5 Å². The van der Waals surface area contributed by atoms with Crippen molar-refractivity contribution >= 4 is 22.1 Å². The summed E-state index contributed by atoms with van der Waals surface area (Å²) in [6, 6.07) is 7.30. The van der Waals surface area contributed by atoms with Crippen LogP contribution >= 0.6 is 11.6 Å². The summed E-state index contributed by atoms with van der Waals surface area (Å²) in [6.07, 6.45) is 3.03. The van der Waals surface area contributed by atoms with Crippen molar-refractivity contribution in [2.24, 2.45) is 0 Å². The van der Waals surface area contributed by atoms with Gasteiger partial charge in [0.1, 0.15) is 22.1 Å². The first kappa shape index (κ1) is 22.0. The second-order valence-corrected chi connectivity index (χ2v) is 9.46. The number of phenolic OH excluding ortho intramolecular Hbond substituents is 1. The van der Waals surface area contributed by atoms with E-state index in [1.54, 1.807) is 12.1 Å². The van der Waals surface area contributed by atoms with Crippen molar-refractivity contribution in [1.29, 1.82) is 0 Å². The van der Waals surface area contributed by atoms with Gasteiger partial charge in [-0.05, 0) is 38.0 Å². The molecule has 0 aliphatic carbocycles. The number of unbranched alkanes of at least 4 members (excludes halogenated alkanes) is 1. The Morgan fingerprint density at radius 3 is 2.26 bits per heavy atom. The van der Waals surface area contributed by atoms with Gasteiger partial charge in [0.2, 0.25) is 0 Å². The summed E-state index contributed by atoms with van der Waals surface area (Å²) in [4.78, 5) is 4.76. The van der Waals surface area contributed by atoms with Crippen LogP contribution in [-0.2, 0) is 16.3 Å². The van der Waals surface area contributed by atoms with Crippen molar-refractivity contribution in [1.82, 2.24) is 9.55 Å². The lowest BCUT2D eigenvalue weighted by molar-refractivity contribution is 0.0731. The van der Waals surface area contributed by atoms with E-state index >= 15 is 0 Å². The molecule has 1 aromatic heterocycles. The maximum absolute atomic E-state index is 9.76. The highest BCUT2D eigenvalue weighted by Gasteiger charge is 2.38. The van der Waals surface area contributed by atoms with Gasteiger partial charge in [0, 0.05) is 11.8 Å². The number of halogens is 1. The van der Waals surface area contributed by atoms with Crippen molar-refractivity contribution in [2.75, 3.05) is 0 Å². The first-order valence-corrected chi connectivity index (χ1v) is 10.8. The minimum absolute atomic E-state index is 0.0864. The van der Waals surface area contributed by atoms with Crippen LogP contribution in [0.15, 0.2) is 24.3 Å². The van der Waals surface area contributed by atoms with Gasteiger partial charge < -0.3 is 14.1 Å². The van der Waals surface area contributed by atoms with Crippen LogP contribution in [0.3, 0.4) is 0 Å². The fourth-order valence-electron chi connectivity index (χ4n) is 3.54. The Hall–Kier alpha value is -1.30. The summed E-state index contributed by atoms with van der Waals surface area (Å²) in [7, 11) is 0.625. The first-order chi connectivity index (χ1) is 12.5. The predicted molar refractivity (Wildman–Crippen MR) is 116 cm³/mol. The van der Waals surface area contributed by atoms with Crippen LogP contribution in [0.2, 0.25) is 5.15 Å². The molecule has 0 aliphatic rings. The number of nitrogens with zero attached hydrogens (tertiary/aromatic N) is 2. The van der Waals surface area contributed by atoms with Gasteiger partial charge in [0.05, 0.1) is 17.3 Å². The lowest BCUT2D eigenvalue weighted by atomic mass is 9.87. The quantitative estimate of drug-likeness (QED) is 0.683. The smallest absolute Gasteiger partial charge is 0.151 e. The number of aromatic hydroxyl groups is 1. The molecule has 0 amide bonds. The van der Waals surface area contributed by atoms with E-state index in [0.717, 1.165) is 36.3 Å². The Morgan fingerprint density at radius 2 is 1.78 bits per heavy atom. The monoisotopic (exact) mass is 408 g/mol. The minimum Gasteiger partial charge on any atom is -0.508 e. The molecule has 0 saturated heterocycles. The molecular weight excluding hydrogens is 376 g/mol. The lowest BCUT2D eigenvalue weighted by Gasteiger charge is -2.39. The van der Waals surface area contributed by atoms with E-state index in [4.69, 9.17) is 21.0 Å². The summed E-state index contributed by atoms with van der Waals surface area (Å²) in [5.74, 6) is 1.25. The zero-order valence-corrected chi connectivity index (χ0v) is 20.4. The van der Waals surface area contributed by atoms with Gasteiger partial charge in [-0.1, -0.05) is 57.8 Å². The molecule has 2 rings (SSSR count). The molecule has 1 heterocycles. The molecule has 1 aromatic carbocycles. The van der Waals surface area contributed by atoms with Crippen LogP contribution in [0.1, 0.15) is 77.5 Å². The number of hydrogen-bond acceptors (Lipinski definition) is 3. The van der Waals surface area contributed by atoms with Crippen molar-refractivity contribution < 1.29 is 9.53 Å². The maximum atomic E-state index is 9.76. The molecule has 0 saturated carbocycles. The number of phenols is 1. The molecule has 27 heavy (non-hydrogen) atoms. The lowest BCUT2D eigenvalue weighted by Crippen LogP contribution is -2.39. The highest BCUT2D eigenvalue weighted by atomic mass is 35.5. The van der Waals surface area contributed by atoms with Crippen LogP contribution in [-0.4, -0.2) is 30.7 Å². The van der Waals surface area contributed by atoms with E-state index in [0.29, 0.717) is 15.6 Å². The summed E-state index contributed by atoms with van der Waals surface area (Å²) < 4.78 is 8.35. The summed E-state index contributed by atoms with van der Waals surface area (Å²) >= 11 is 6.66. The second kappa shape index (κ2) is 8.37. The van der Waals surface area contributed by atoms with Gasteiger partial charge in [-0.2, -0.15) is 0 Å². The highest BCUT2D eigenvalue weighted by molar-refractivity contribution is 6.30. The number of imidazole rings is 1. The number of aromatic nitrogens is 2. The average molecular weight is 409 g/mol. The molecule has 4 nitrogen and oxygen atoms in total. The highest BCUT2D eigenvalue weighted by Crippen LogP contribution is 2.40. The number of rotatable bonds is 7. The van der Waals surface area contributed by atoms with Crippen molar-refractivity contribution in [3.63, 3.8) is 0 Å². The van der Waals surface area contributed by atoms with E-state index in [9.17, 15) is 5.11 Å². The van der Waals surface area contributed by atoms with E-state index in [1.165, 1.54) is 0 Å². The Balaban J connectivity index is 2.78. The standard InChI is InChI=1S/C21H33ClN2O2Si/c1-7-8-9-16-23-19(22)18(20(2,3)4)24(16)17(21(5,6)26-27)14-10-12-15(25)13-11-14/h10-13,17,25H,7-9H2,1-6,27H3. The largest absolute Gasteiger partial charge is 0.508 e. The molecule has 0 radical (unpaired) electrons. The van der Waals surface area contributed by atoms with Crippen molar-refractivity contribution in [2.45, 2.75) is 77.9 Å². The third kappa shape index (κ3) is 4.76. The summed E-state index contributed by atoms with van der Waals surface area (Å²) in [5, 5.41) is 10.3. The third-order valence-electron chi connectivity index (χ3n) is 5.06. The van der Waals surface area contributed by atoms with Crippen LogP contribution in [0.4, 0.5) is 0 Å². The Bertz CT molecular complexity index is 764. The van der Waals surface area contributed by atoms with E-state index < -0.39 is 5.60 Å². The summed E-state index contributed by atoms with van der Waals surface area (Å²) in [5.41, 5.74) is 1.50. The maximum Gasteiger partial charge on any atom is 0.151 e. The van der Waals surface area contributed by atoms with Gasteiger partial charge in [-0.15, -0.1) is 0 Å².